The van der Waals surface area contributed by atoms with Gasteiger partial charge in [0.1, 0.15) is 12.6 Å². The normalized spacial score (nSPS) is 14.8. The smallest absolute Gasteiger partial charge is 0.472 e. The Kier molecular flexibility index (Phi) is 35.8. The van der Waals surface area contributed by atoms with E-state index in [1.165, 1.54) is 19.3 Å². The summed E-state index contributed by atoms with van der Waals surface area (Å²) in [6.45, 7) is 2.53. The van der Waals surface area contributed by atoms with E-state index in [0.29, 0.717) is 19.3 Å². The van der Waals surface area contributed by atoms with Crippen LogP contribution < -0.4 is 5.73 Å². The van der Waals surface area contributed by atoms with E-state index in [9.17, 15) is 23.8 Å². The van der Waals surface area contributed by atoms with Crippen LogP contribution in [-0.4, -0.2) is 59.9 Å². The molecule has 56 heavy (non-hydrogen) atoms. The number of phosphoric ester groups is 1. The van der Waals surface area contributed by atoms with Crippen molar-refractivity contribution in [3.05, 3.63) is 97.2 Å². The van der Waals surface area contributed by atoms with Crippen LogP contribution in [0, 0.1) is 0 Å². The van der Waals surface area contributed by atoms with E-state index < -0.39 is 57.7 Å². The minimum Gasteiger partial charge on any atom is -0.480 e. The number of ether oxygens (including phenoxy) is 2. The monoisotopic (exact) mass is 803 g/mol. The molecule has 0 fully saturated rings. The summed E-state index contributed by atoms with van der Waals surface area (Å²) in [6.07, 6.45) is 47.7. The second kappa shape index (κ2) is 38.3. The lowest BCUT2D eigenvalue weighted by Crippen LogP contribution is -2.34. The highest BCUT2D eigenvalue weighted by molar-refractivity contribution is 7.47. The van der Waals surface area contributed by atoms with Crippen molar-refractivity contribution in [2.45, 2.75) is 142 Å². The second-order valence-corrected chi connectivity index (χ2v) is 14.5. The number of carbonyl (C=O) groups is 3. The molecule has 3 atom stereocenters. The average molecular weight is 804 g/mol. The van der Waals surface area contributed by atoms with Crippen molar-refractivity contribution >= 4 is 25.7 Å². The number of esters is 2. The first-order chi connectivity index (χ1) is 27.1. The minimum absolute atomic E-state index is 0.0940. The second-order valence-electron chi connectivity index (χ2n) is 13.0. The number of carboxylic acids is 1. The predicted octanol–water partition coefficient (Wildman–Crippen LogP) is 10.5. The predicted molar refractivity (Wildman–Crippen MR) is 226 cm³/mol. The Morgan fingerprint density at radius 2 is 1.00 bits per heavy atom. The largest absolute Gasteiger partial charge is 0.480 e. The van der Waals surface area contributed by atoms with Crippen LogP contribution in [0.25, 0.3) is 0 Å². The van der Waals surface area contributed by atoms with Gasteiger partial charge in [0.05, 0.1) is 13.2 Å². The zero-order chi connectivity index (χ0) is 41.4. The number of hydrogen-bond donors (Lipinski definition) is 3. The Hall–Kier alpha value is -3.60. The molecule has 0 aliphatic rings. The van der Waals surface area contributed by atoms with Gasteiger partial charge < -0.3 is 25.2 Å². The molecule has 0 aromatic rings. The topological polar surface area (TPSA) is 172 Å². The standard InChI is InChI=1S/C44H70NO10P/c1-3-5-7-9-11-13-15-17-19-20-22-23-25-27-29-31-33-35-42(46)52-37-40(38-53-56(50,51)54-39-41(45)44(48)49)55-43(47)36-34-32-30-28-26-24-21-18-16-14-12-10-8-6-4-2/h5,7,11-14,17-19,21-23,26-29,40-41H,3-4,6,8-10,15-16,20,24-25,30-39,45H2,1-2H3,(H,48,49)(H,50,51)/b7-5+,13-11+,14-12+,19-17+,21-18+,23-22+,28-26+,29-27+/t40-,41+/m1/s1. The van der Waals surface area contributed by atoms with Crippen LogP contribution >= 0.6 is 7.82 Å². The number of unbranched alkanes of at least 4 members (excludes halogenated alkanes) is 6. The summed E-state index contributed by atoms with van der Waals surface area (Å²) in [7, 11) is -4.74. The number of allylic oxidation sites excluding steroid dienone is 16. The van der Waals surface area contributed by atoms with Gasteiger partial charge in [0.25, 0.3) is 0 Å². The van der Waals surface area contributed by atoms with Gasteiger partial charge in [-0.15, -0.1) is 0 Å². The Labute approximate surface area is 336 Å². The molecule has 0 aliphatic carbocycles. The molecular weight excluding hydrogens is 733 g/mol. The van der Waals surface area contributed by atoms with Gasteiger partial charge in [-0.2, -0.15) is 0 Å². The van der Waals surface area contributed by atoms with Crippen molar-refractivity contribution in [3.8, 4) is 0 Å². The molecule has 0 saturated carbocycles. The highest BCUT2D eigenvalue weighted by atomic mass is 31.2. The zero-order valence-corrected chi connectivity index (χ0v) is 34.8. The lowest BCUT2D eigenvalue weighted by Gasteiger charge is -2.20. The first kappa shape index (κ1) is 52.4. The highest BCUT2D eigenvalue weighted by Gasteiger charge is 2.28. The Morgan fingerprint density at radius 3 is 1.48 bits per heavy atom. The molecule has 0 bridgehead atoms. The number of carbonyl (C=O) groups excluding carboxylic acids is 2. The third kappa shape index (κ3) is 37.3. The van der Waals surface area contributed by atoms with E-state index in [1.807, 2.05) is 12.2 Å². The third-order valence-electron chi connectivity index (χ3n) is 7.82. The van der Waals surface area contributed by atoms with Crippen molar-refractivity contribution in [2.24, 2.45) is 5.73 Å². The van der Waals surface area contributed by atoms with Crippen molar-refractivity contribution in [1.82, 2.24) is 0 Å². The van der Waals surface area contributed by atoms with E-state index in [2.05, 4.69) is 103 Å². The zero-order valence-electron chi connectivity index (χ0n) is 33.9. The number of carboxylic acid groups (broad SMARTS) is 1. The first-order valence-electron chi connectivity index (χ1n) is 20.3. The lowest BCUT2D eigenvalue weighted by atomic mass is 10.1. The fourth-order valence-corrected chi connectivity index (χ4v) is 5.41. The van der Waals surface area contributed by atoms with Crippen LogP contribution in [0.5, 0.6) is 0 Å². The molecular formula is C44H70NO10P. The average Bonchev–Trinajstić information content (AvgIpc) is 3.17. The summed E-state index contributed by atoms with van der Waals surface area (Å²) < 4.78 is 32.5. The SMILES string of the molecule is CC/C=C/C/C=C/C/C=C/C/C=C/C/C=C/CCCC(=O)OC[C@H](COP(=O)(O)OC[C@H](N)C(=O)O)OC(=O)CCCC/C=C/C/C=C/C/C=C/CCCCC. The van der Waals surface area contributed by atoms with Crippen LogP contribution in [-0.2, 0) is 37.5 Å². The fraction of sp³-hybridized carbons (Fsp3) is 0.568. The number of phosphoric acid groups is 1. The van der Waals surface area contributed by atoms with Gasteiger partial charge in [0.2, 0.25) is 0 Å². The maximum absolute atomic E-state index is 12.6. The molecule has 0 spiro atoms. The molecule has 0 heterocycles. The Balaban J connectivity index is 4.60. The molecule has 0 rings (SSSR count). The summed E-state index contributed by atoms with van der Waals surface area (Å²) in [5.74, 6) is -2.52. The number of nitrogens with two attached hydrogens (primary N) is 1. The van der Waals surface area contributed by atoms with Crippen LogP contribution in [0.1, 0.15) is 129 Å². The molecule has 0 amide bonds. The van der Waals surface area contributed by atoms with Gasteiger partial charge in [0.15, 0.2) is 6.10 Å². The maximum Gasteiger partial charge on any atom is 0.472 e. The summed E-state index contributed by atoms with van der Waals surface area (Å²) in [6, 6.07) is -1.54. The Bertz CT molecular complexity index is 1310. The van der Waals surface area contributed by atoms with Gasteiger partial charge in [-0.05, 0) is 89.9 Å². The number of rotatable bonds is 36. The lowest BCUT2D eigenvalue weighted by molar-refractivity contribution is -0.161. The summed E-state index contributed by atoms with van der Waals surface area (Å²) >= 11 is 0. The van der Waals surface area contributed by atoms with Gasteiger partial charge in [0, 0.05) is 12.8 Å². The minimum atomic E-state index is -4.74. The summed E-state index contributed by atoms with van der Waals surface area (Å²) in [5.41, 5.74) is 5.32. The van der Waals surface area contributed by atoms with Gasteiger partial charge >= 0.3 is 25.7 Å². The van der Waals surface area contributed by atoms with Crippen LogP contribution in [0.15, 0.2) is 97.2 Å². The summed E-state index contributed by atoms with van der Waals surface area (Å²) in [5, 5.41) is 8.87. The molecule has 12 heteroatoms. The van der Waals surface area contributed by atoms with Gasteiger partial charge in [-0.3, -0.25) is 23.4 Å². The van der Waals surface area contributed by atoms with Crippen LogP contribution in [0.3, 0.4) is 0 Å². The van der Waals surface area contributed by atoms with Crippen LogP contribution in [0.2, 0.25) is 0 Å². The molecule has 0 saturated heterocycles. The van der Waals surface area contributed by atoms with E-state index in [0.717, 1.165) is 64.2 Å². The van der Waals surface area contributed by atoms with Crippen molar-refractivity contribution in [3.63, 3.8) is 0 Å². The van der Waals surface area contributed by atoms with E-state index >= 15 is 0 Å². The van der Waals surface area contributed by atoms with E-state index in [1.54, 1.807) is 0 Å². The van der Waals surface area contributed by atoms with Crippen molar-refractivity contribution in [2.75, 3.05) is 19.8 Å². The molecule has 316 valence electrons. The fourth-order valence-electron chi connectivity index (χ4n) is 4.63. The molecule has 4 N–H and O–H groups in total. The van der Waals surface area contributed by atoms with Gasteiger partial charge in [-0.25, -0.2) is 4.57 Å². The number of hydrogen-bond acceptors (Lipinski definition) is 9. The molecule has 1 unspecified atom stereocenters. The van der Waals surface area contributed by atoms with Crippen molar-refractivity contribution < 1.29 is 47.5 Å². The summed E-state index contributed by atoms with van der Waals surface area (Å²) in [4.78, 5) is 45.8. The van der Waals surface area contributed by atoms with E-state index in [4.69, 9.17) is 24.8 Å². The quantitative estimate of drug-likeness (QED) is 0.0238. The molecule has 0 radical (unpaired) electrons. The first-order valence-corrected chi connectivity index (χ1v) is 21.8. The Morgan fingerprint density at radius 1 is 0.571 bits per heavy atom. The molecule has 0 aliphatic heterocycles. The van der Waals surface area contributed by atoms with Crippen molar-refractivity contribution in [1.29, 1.82) is 0 Å². The molecule has 0 aromatic carbocycles. The molecule has 11 nitrogen and oxygen atoms in total. The highest BCUT2D eigenvalue weighted by Crippen LogP contribution is 2.43. The van der Waals surface area contributed by atoms with Crippen LogP contribution in [0.4, 0.5) is 0 Å². The van der Waals surface area contributed by atoms with E-state index in [-0.39, 0.29) is 12.8 Å². The number of aliphatic carboxylic acids is 1. The third-order valence-corrected chi connectivity index (χ3v) is 8.77. The molecule has 0 aromatic heterocycles. The maximum atomic E-state index is 12.6. The van der Waals surface area contributed by atoms with Gasteiger partial charge in [-0.1, -0.05) is 124 Å².